The maximum atomic E-state index is 11.9. The molecule has 3 aromatic rings. The number of fused-ring (bicyclic) bond motifs is 1. The van der Waals surface area contributed by atoms with Crippen molar-refractivity contribution in [1.82, 2.24) is 24.8 Å². The molecule has 0 unspecified atom stereocenters. The highest BCUT2D eigenvalue weighted by Crippen LogP contribution is 1.98. The Kier molecular flexibility index (Phi) is 3.51. The second-order valence-corrected chi connectivity index (χ2v) is 4.28. The van der Waals surface area contributed by atoms with Crippen molar-refractivity contribution < 1.29 is 4.52 Å². The van der Waals surface area contributed by atoms with Crippen LogP contribution in [0.5, 0.6) is 0 Å². The summed E-state index contributed by atoms with van der Waals surface area (Å²) in [6.45, 7) is 1.20. The van der Waals surface area contributed by atoms with Crippen molar-refractivity contribution >= 4 is 5.65 Å². The number of hydrogen-bond donors (Lipinski definition) is 1. The molecule has 0 saturated heterocycles. The van der Waals surface area contributed by atoms with E-state index in [1.54, 1.807) is 12.3 Å². The summed E-state index contributed by atoms with van der Waals surface area (Å²) in [5, 5.41) is 6.73. The molecular weight excluding hydrogens is 258 g/mol. The van der Waals surface area contributed by atoms with E-state index in [0.29, 0.717) is 36.7 Å². The molecule has 0 amide bonds. The van der Waals surface area contributed by atoms with Crippen LogP contribution in [0.1, 0.15) is 11.6 Å². The molecule has 1 N–H and O–H groups in total. The molecule has 20 heavy (non-hydrogen) atoms. The Hall–Kier alpha value is -2.54. The maximum Gasteiger partial charge on any atom is 0.258 e. The highest BCUT2D eigenvalue weighted by molar-refractivity contribution is 5.37. The van der Waals surface area contributed by atoms with Gasteiger partial charge in [-0.1, -0.05) is 11.2 Å². The quantitative estimate of drug-likeness (QED) is 0.676. The van der Waals surface area contributed by atoms with Crippen molar-refractivity contribution in [2.24, 2.45) is 0 Å². The third kappa shape index (κ3) is 2.72. The van der Waals surface area contributed by atoms with E-state index in [-0.39, 0.29) is 5.56 Å². The van der Waals surface area contributed by atoms with Gasteiger partial charge in [0, 0.05) is 31.8 Å². The van der Waals surface area contributed by atoms with Crippen molar-refractivity contribution in [2.45, 2.75) is 13.0 Å². The van der Waals surface area contributed by atoms with E-state index in [4.69, 9.17) is 4.52 Å². The first-order chi connectivity index (χ1) is 9.83. The molecule has 0 aliphatic heterocycles. The van der Waals surface area contributed by atoms with Gasteiger partial charge in [0.1, 0.15) is 5.65 Å². The molecule has 0 radical (unpaired) electrons. The Morgan fingerprint density at radius 1 is 1.35 bits per heavy atom. The minimum absolute atomic E-state index is 0.0794. The lowest BCUT2D eigenvalue weighted by molar-refractivity contribution is 0.374. The SMILES string of the molecule is O=c1cc(CNCCc2ncno2)nc2ccccn12. The van der Waals surface area contributed by atoms with E-state index in [0.717, 1.165) is 0 Å². The van der Waals surface area contributed by atoms with Gasteiger partial charge in [0.05, 0.1) is 5.69 Å². The van der Waals surface area contributed by atoms with Crippen LogP contribution in [0.2, 0.25) is 0 Å². The Morgan fingerprint density at radius 3 is 3.15 bits per heavy atom. The Labute approximate surface area is 114 Å². The fourth-order valence-electron chi connectivity index (χ4n) is 1.91. The highest BCUT2D eigenvalue weighted by atomic mass is 16.5. The zero-order chi connectivity index (χ0) is 13.8. The molecule has 0 saturated carbocycles. The van der Waals surface area contributed by atoms with Crippen LogP contribution in [0.25, 0.3) is 5.65 Å². The summed E-state index contributed by atoms with van der Waals surface area (Å²) in [5.41, 5.74) is 1.28. The van der Waals surface area contributed by atoms with Crippen LogP contribution in [-0.2, 0) is 13.0 Å². The van der Waals surface area contributed by atoms with Gasteiger partial charge in [-0.05, 0) is 12.1 Å². The predicted octanol–water partition coefficient (Wildman–Crippen LogP) is 0.410. The van der Waals surface area contributed by atoms with E-state index >= 15 is 0 Å². The van der Waals surface area contributed by atoms with E-state index in [2.05, 4.69) is 20.4 Å². The normalized spacial score (nSPS) is 11.0. The molecule has 7 heteroatoms. The van der Waals surface area contributed by atoms with Gasteiger partial charge >= 0.3 is 0 Å². The average Bonchev–Trinajstić information content (AvgIpc) is 2.97. The molecule has 0 atom stereocenters. The zero-order valence-corrected chi connectivity index (χ0v) is 10.7. The summed E-state index contributed by atoms with van der Waals surface area (Å²) >= 11 is 0. The Morgan fingerprint density at radius 2 is 2.30 bits per heavy atom. The summed E-state index contributed by atoms with van der Waals surface area (Å²) in [4.78, 5) is 20.2. The van der Waals surface area contributed by atoms with Crippen LogP contribution in [0, 0.1) is 0 Å². The van der Waals surface area contributed by atoms with Crippen LogP contribution in [0.4, 0.5) is 0 Å². The topological polar surface area (TPSA) is 85.3 Å². The fourth-order valence-corrected chi connectivity index (χ4v) is 1.91. The third-order valence-electron chi connectivity index (χ3n) is 2.85. The van der Waals surface area contributed by atoms with Crippen LogP contribution in [-0.4, -0.2) is 26.1 Å². The first-order valence-electron chi connectivity index (χ1n) is 6.26. The molecule has 0 spiro atoms. The number of rotatable bonds is 5. The van der Waals surface area contributed by atoms with Crippen LogP contribution >= 0.6 is 0 Å². The van der Waals surface area contributed by atoms with Crippen molar-refractivity contribution in [3.8, 4) is 0 Å². The van der Waals surface area contributed by atoms with Gasteiger partial charge < -0.3 is 9.84 Å². The summed E-state index contributed by atoms with van der Waals surface area (Å²) in [7, 11) is 0. The molecule has 0 aromatic carbocycles. The maximum absolute atomic E-state index is 11.9. The predicted molar refractivity (Wildman–Crippen MR) is 71.2 cm³/mol. The monoisotopic (exact) mass is 271 g/mol. The van der Waals surface area contributed by atoms with Crippen molar-refractivity contribution in [2.75, 3.05) is 6.54 Å². The summed E-state index contributed by atoms with van der Waals surface area (Å²) in [5.74, 6) is 0.587. The molecule has 0 aliphatic rings. The number of nitrogens with one attached hydrogen (secondary N) is 1. The lowest BCUT2D eigenvalue weighted by Gasteiger charge is -2.04. The summed E-state index contributed by atoms with van der Waals surface area (Å²) < 4.78 is 6.41. The van der Waals surface area contributed by atoms with Gasteiger partial charge in [-0.25, -0.2) is 4.98 Å². The number of aromatic nitrogens is 4. The molecule has 0 bridgehead atoms. The largest absolute Gasteiger partial charge is 0.340 e. The van der Waals surface area contributed by atoms with E-state index in [1.165, 1.54) is 16.8 Å². The number of hydrogen-bond acceptors (Lipinski definition) is 6. The lowest BCUT2D eigenvalue weighted by Crippen LogP contribution is -2.21. The Bertz CT molecular complexity index is 751. The first kappa shape index (κ1) is 12.5. The Balaban J connectivity index is 1.64. The summed E-state index contributed by atoms with van der Waals surface area (Å²) in [6.07, 6.45) is 3.73. The van der Waals surface area contributed by atoms with Gasteiger partial charge in [0.25, 0.3) is 5.56 Å². The number of pyridine rings is 1. The second-order valence-electron chi connectivity index (χ2n) is 4.28. The van der Waals surface area contributed by atoms with Gasteiger partial charge in [0.15, 0.2) is 6.33 Å². The molecule has 3 aromatic heterocycles. The molecule has 3 rings (SSSR count). The molecule has 102 valence electrons. The lowest BCUT2D eigenvalue weighted by atomic mass is 10.3. The standard InChI is InChI=1S/C13H13N5O2/c19-13-7-10(17-11-3-1-2-6-18(11)13)8-14-5-4-12-15-9-16-20-12/h1-3,6-7,9,14H,4-5,8H2. The molecule has 3 heterocycles. The minimum Gasteiger partial charge on any atom is -0.340 e. The van der Waals surface area contributed by atoms with Crippen LogP contribution < -0.4 is 10.9 Å². The van der Waals surface area contributed by atoms with Crippen molar-refractivity contribution in [1.29, 1.82) is 0 Å². The van der Waals surface area contributed by atoms with Crippen LogP contribution in [0.3, 0.4) is 0 Å². The van der Waals surface area contributed by atoms with E-state index < -0.39 is 0 Å². The fraction of sp³-hybridized carbons (Fsp3) is 0.231. The first-order valence-corrected chi connectivity index (χ1v) is 6.26. The van der Waals surface area contributed by atoms with Crippen LogP contribution in [0.15, 0.2) is 46.1 Å². The van der Waals surface area contributed by atoms with Gasteiger partial charge in [-0.15, -0.1) is 0 Å². The van der Waals surface area contributed by atoms with Gasteiger partial charge in [0.2, 0.25) is 5.89 Å². The van der Waals surface area contributed by atoms with E-state index in [1.807, 2.05) is 12.1 Å². The molecule has 0 aliphatic carbocycles. The zero-order valence-electron chi connectivity index (χ0n) is 10.7. The number of nitrogens with zero attached hydrogens (tertiary/aromatic N) is 4. The van der Waals surface area contributed by atoms with Crippen molar-refractivity contribution in [3.63, 3.8) is 0 Å². The second kappa shape index (κ2) is 5.62. The van der Waals surface area contributed by atoms with E-state index in [9.17, 15) is 4.79 Å². The van der Waals surface area contributed by atoms with Crippen molar-refractivity contribution in [3.05, 3.63) is 58.7 Å². The molecule has 7 nitrogen and oxygen atoms in total. The smallest absolute Gasteiger partial charge is 0.258 e. The highest BCUT2D eigenvalue weighted by Gasteiger charge is 2.02. The third-order valence-corrected chi connectivity index (χ3v) is 2.85. The van der Waals surface area contributed by atoms with Gasteiger partial charge in [-0.3, -0.25) is 9.20 Å². The molecular formula is C13H13N5O2. The average molecular weight is 271 g/mol. The van der Waals surface area contributed by atoms with Gasteiger partial charge in [-0.2, -0.15) is 4.98 Å². The summed E-state index contributed by atoms with van der Waals surface area (Å²) in [6, 6.07) is 7.00. The molecule has 0 fully saturated rings. The minimum atomic E-state index is -0.0794.